The van der Waals surface area contributed by atoms with Gasteiger partial charge in [-0.25, -0.2) is 9.67 Å². The lowest BCUT2D eigenvalue weighted by Gasteiger charge is -2.32. The maximum Gasteiger partial charge on any atom is 0.281 e. The largest absolute Gasteiger partial charge is 0.338 e. The molecule has 1 aliphatic rings. The molecular weight excluding hydrogens is 440 g/mol. The van der Waals surface area contributed by atoms with E-state index in [0.29, 0.717) is 41.7 Å². The van der Waals surface area contributed by atoms with Gasteiger partial charge >= 0.3 is 0 Å². The number of aryl methyl sites for hydroxylation is 1. The van der Waals surface area contributed by atoms with Crippen molar-refractivity contribution in [3.63, 3.8) is 0 Å². The number of aromatic nitrogens is 5. The molecule has 168 valence electrons. The summed E-state index contributed by atoms with van der Waals surface area (Å²) in [5, 5.41) is 8.66. The van der Waals surface area contributed by atoms with Crippen LogP contribution in [0.5, 0.6) is 0 Å². The Kier molecular flexibility index (Phi) is 5.68. The lowest BCUT2D eigenvalue weighted by molar-refractivity contribution is 0.0704. The molecule has 1 fully saturated rings. The molecule has 1 saturated heterocycles. The van der Waals surface area contributed by atoms with Crippen molar-refractivity contribution in [1.82, 2.24) is 29.9 Å². The summed E-state index contributed by atoms with van der Waals surface area (Å²) in [6.45, 7) is 3.60. The van der Waals surface area contributed by atoms with Crippen LogP contribution in [-0.2, 0) is 6.54 Å². The molecule has 0 radical (unpaired) electrons. The summed E-state index contributed by atoms with van der Waals surface area (Å²) >= 11 is 6.24. The summed E-state index contributed by atoms with van der Waals surface area (Å²) in [6, 6.07) is 15.1. The van der Waals surface area contributed by atoms with Crippen LogP contribution in [0.3, 0.4) is 0 Å². The summed E-state index contributed by atoms with van der Waals surface area (Å²) in [4.78, 5) is 35.2. The summed E-state index contributed by atoms with van der Waals surface area (Å²) in [7, 11) is 0. The number of piperidine rings is 1. The van der Waals surface area contributed by atoms with Crippen LogP contribution in [0.25, 0.3) is 11.2 Å². The predicted molar refractivity (Wildman–Crippen MR) is 126 cm³/mol. The number of hydrogen-bond acceptors (Lipinski definition) is 5. The van der Waals surface area contributed by atoms with E-state index < -0.39 is 0 Å². The van der Waals surface area contributed by atoms with E-state index >= 15 is 0 Å². The van der Waals surface area contributed by atoms with Crippen LogP contribution in [0.4, 0.5) is 0 Å². The van der Waals surface area contributed by atoms with E-state index in [1.165, 1.54) is 0 Å². The number of hydrogen-bond donors (Lipinski definition) is 1. The van der Waals surface area contributed by atoms with Gasteiger partial charge in [-0.1, -0.05) is 53.2 Å². The molecule has 2 aromatic heterocycles. The van der Waals surface area contributed by atoms with Crippen LogP contribution < -0.4 is 5.56 Å². The van der Waals surface area contributed by atoms with E-state index in [-0.39, 0.29) is 22.9 Å². The van der Waals surface area contributed by atoms with E-state index in [0.717, 1.165) is 24.0 Å². The standard InChI is InChI=1S/C24H23ClN6O2/c1-15-7-2-3-8-16(15)14-31-22-20(28-29-31)23(32)27-21(26-22)17-9-6-12-30(13-17)24(33)18-10-4-5-11-19(18)25/h2-5,7-8,10-11,17H,6,9,12-14H2,1H3,(H,26,27,32)/t17-/m1/s1. The molecule has 0 unspecified atom stereocenters. The van der Waals surface area contributed by atoms with Crippen molar-refractivity contribution in [1.29, 1.82) is 0 Å². The Morgan fingerprint density at radius 1 is 1.18 bits per heavy atom. The molecule has 0 saturated carbocycles. The maximum atomic E-state index is 13.0. The second-order valence-electron chi connectivity index (χ2n) is 8.37. The quantitative estimate of drug-likeness (QED) is 0.500. The second kappa shape index (κ2) is 8.78. The number of rotatable bonds is 4. The molecule has 1 aliphatic heterocycles. The minimum Gasteiger partial charge on any atom is -0.338 e. The zero-order chi connectivity index (χ0) is 22.9. The third-order valence-electron chi connectivity index (χ3n) is 6.17. The Balaban J connectivity index is 1.44. The van der Waals surface area contributed by atoms with Crippen LogP contribution in [-0.4, -0.2) is 48.9 Å². The smallest absolute Gasteiger partial charge is 0.281 e. The number of fused-ring (bicyclic) bond motifs is 1. The Hall–Kier alpha value is -3.52. The van der Waals surface area contributed by atoms with Gasteiger partial charge in [0.1, 0.15) is 5.82 Å². The van der Waals surface area contributed by atoms with E-state index in [1.807, 2.05) is 31.2 Å². The van der Waals surface area contributed by atoms with Gasteiger partial charge in [0.25, 0.3) is 11.5 Å². The number of halogens is 1. The van der Waals surface area contributed by atoms with Crippen molar-refractivity contribution in [3.8, 4) is 0 Å². The molecule has 4 aromatic rings. The molecule has 0 spiro atoms. The van der Waals surface area contributed by atoms with Crippen molar-refractivity contribution in [2.75, 3.05) is 13.1 Å². The summed E-state index contributed by atoms with van der Waals surface area (Å²) in [5.41, 5.74) is 3.05. The van der Waals surface area contributed by atoms with Crippen LogP contribution in [0.1, 0.15) is 46.1 Å². The Bertz CT molecular complexity index is 1400. The van der Waals surface area contributed by atoms with Gasteiger partial charge in [0, 0.05) is 19.0 Å². The topological polar surface area (TPSA) is 96.8 Å². The van der Waals surface area contributed by atoms with Gasteiger partial charge < -0.3 is 9.88 Å². The second-order valence-corrected chi connectivity index (χ2v) is 8.77. The van der Waals surface area contributed by atoms with Gasteiger partial charge in [-0.3, -0.25) is 9.59 Å². The highest BCUT2D eigenvalue weighted by Gasteiger charge is 2.28. The molecule has 0 aliphatic carbocycles. The molecule has 9 heteroatoms. The highest BCUT2D eigenvalue weighted by Crippen LogP contribution is 2.27. The minimum absolute atomic E-state index is 0.0934. The third-order valence-corrected chi connectivity index (χ3v) is 6.50. The number of H-pyrrole nitrogens is 1. The van der Waals surface area contributed by atoms with Gasteiger partial charge in [0.05, 0.1) is 17.1 Å². The number of aromatic amines is 1. The number of carbonyl (C=O) groups is 1. The van der Waals surface area contributed by atoms with Crippen molar-refractivity contribution >= 4 is 28.7 Å². The maximum absolute atomic E-state index is 13.0. The van der Waals surface area contributed by atoms with Crippen LogP contribution in [0.2, 0.25) is 5.02 Å². The number of nitrogens with one attached hydrogen (secondary N) is 1. The highest BCUT2D eigenvalue weighted by atomic mass is 35.5. The average molecular weight is 463 g/mol. The molecule has 3 heterocycles. The fraction of sp³-hybridized carbons (Fsp3) is 0.292. The van der Waals surface area contributed by atoms with Crippen molar-refractivity contribution in [3.05, 3.63) is 86.4 Å². The number of benzene rings is 2. The highest BCUT2D eigenvalue weighted by molar-refractivity contribution is 6.33. The molecule has 8 nitrogen and oxygen atoms in total. The average Bonchev–Trinajstić information content (AvgIpc) is 3.24. The number of likely N-dealkylation sites (tertiary alicyclic amines) is 1. The summed E-state index contributed by atoms with van der Waals surface area (Å²) in [6.07, 6.45) is 1.63. The predicted octanol–water partition coefficient (Wildman–Crippen LogP) is 3.54. The van der Waals surface area contributed by atoms with E-state index in [4.69, 9.17) is 16.6 Å². The third kappa shape index (κ3) is 4.14. The molecule has 1 atom stereocenters. The lowest BCUT2D eigenvalue weighted by atomic mass is 9.96. The zero-order valence-corrected chi connectivity index (χ0v) is 18.9. The van der Waals surface area contributed by atoms with E-state index in [9.17, 15) is 9.59 Å². The van der Waals surface area contributed by atoms with Crippen molar-refractivity contribution in [2.24, 2.45) is 0 Å². The molecule has 1 amide bonds. The van der Waals surface area contributed by atoms with Crippen LogP contribution in [0.15, 0.2) is 53.3 Å². The van der Waals surface area contributed by atoms with Crippen molar-refractivity contribution in [2.45, 2.75) is 32.2 Å². The fourth-order valence-corrected chi connectivity index (χ4v) is 4.54. The first kappa shape index (κ1) is 21.3. The molecule has 33 heavy (non-hydrogen) atoms. The first-order chi connectivity index (χ1) is 16.0. The summed E-state index contributed by atoms with van der Waals surface area (Å²) in [5.74, 6) is 0.349. The monoisotopic (exact) mass is 462 g/mol. The molecule has 2 aromatic carbocycles. The Labute approximate surface area is 195 Å². The first-order valence-electron chi connectivity index (χ1n) is 10.9. The Morgan fingerprint density at radius 2 is 1.97 bits per heavy atom. The zero-order valence-electron chi connectivity index (χ0n) is 18.2. The van der Waals surface area contributed by atoms with Crippen LogP contribution in [0, 0.1) is 6.92 Å². The van der Waals surface area contributed by atoms with E-state index in [1.54, 1.807) is 33.8 Å². The molecule has 0 bridgehead atoms. The Morgan fingerprint density at radius 3 is 2.79 bits per heavy atom. The number of carbonyl (C=O) groups excluding carboxylic acids is 1. The normalized spacial score (nSPS) is 16.3. The van der Waals surface area contributed by atoms with E-state index in [2.05, 4.69) is 15.3 Å². The van der Waals surface area contributed by atoms with Gasteiger partial charge in [0.15, 0.2) is 11.2 Å². The molecule has 1 N–H and O–H groups in total. The molecule has 5 rings (SSSR count). The van der Waals surface area contributed by atoms with Gasteiger partial charge in [-0.05, 0) is 43.0 Å². The number of nitrogens with zero attached hydrogens (tertiary/aromatic N) is 5. The van der Waals surface area contributed by atoms with Crippen molar-refractivity contribution < 1.29 is 4.79 Å². The van der Waals surface area contributed by atoms with Crippen LogP contribution >= 0.6 is 11.6 Å². The molecular formula is C24H23ClN6O2. The lowest BCUT2D eigenvalue weighted by Crippen LogP contribution is -2.40. The van der Waals surface area contributed by atoms with Gasteiger partial charge in [-0.2, -0.15) is 0 Å². The van der Waals surface area contributed by atoms with Gasteiger partial charge in [-0.15, -0.1) is 5.10 Å². The first-order valence-corrected chi connectivity index (χ1v) is 11.3. The minimum atomic E-state index is -0.319. The number of amides is 1. The fourth-order valence-electron chi connectivity index (χ4n) is 4.32. The summed E-state index contributed by atoms with van der Waals surface area (Å²) < 4.78 is 1.66. The van der Waals surface area contributed by atoms with Gasteiger partial charge in [0.2, 0.25) is 0 Å². The SMILES string of the molecule is Cc1ccccc1Cn1nnc2c(=O)[nH]c([C@@H]3CCCN(C(=O)c4ccccc4Cl)C3)nc21.